The summed E-state index contributed by atoms with van der Waals surface area (Å²) in [5.74, 6) is 0.259. The summed E-state index contributed by atoms with van der Waals surface area (Å²) in [4.78, 5) is 80.9. The second-order valence-electron chi connectivity index (χ2n) is 21.8. The molecule has 74 heavy (non-hydrogen) atoms. The van der Waals surface area contributed by atoms with Crippen LogP contribution in [0.15, 0.2) is 65.5 Å². The summed E-state index contributed by atoms with van der Waals surface area (Å²) in [6.45, 7) is 11.8. The molecule has 18 nitrogen and oxygen atoms in total. The largest absolute Gasteiger partial charge is 0.494 e. The zero-order valence-corrected chi connectivity index (χ0v) is 44.6. The first kappa shape index (κ1) is 48.9. The summed E-state index contributed by atoms with van der Waals surface area (Å²) in [6, 6.07) is 13.9. The van der Waals surface area contributed by atoms with E-state index in [1.807, 2.05) is 24.3 Å². The van der Waals surface area contributed by atoms with Crippen molar-refractivity contribution in [2.45, 2.75) is 88.3 Å². The molecule has 3 aromatic carbocycles. The molecule has 7 aliphatic rings. The lowest BCUT2D eigenvalue weighted by molar-refractivity contribution is -0.136. The van der Waals surface area contributed by atoms with Gasteiger partial charge in [-0.1, -0.05) is 0 Å². The van der Waals surface area contributed by atoms with Crippen LogP contribution < -0.4 is 35.8 Å². The van der Waals surface area contributed by atoms with Crippen molar-refractivity contribution in [3.05, 3.63) is 82.2 Å². The van der Waals surface area contributed by atoms with Crippen LogP contribution in [0.4, 0.5) is 34.5 Å². The Morgan fingerprint density at radius 3 is 2.19 bits per heavy atom. The third-order valence-electron chi connectivity index (χ3n) is 16.8. The predicted molar refractivity (Wildman–Crippen MR) is 288 cm³/mol. The van der Waals surface area contributed by atoms with E-state index in [4.69, 9.17) is 9.72 Å². The smallest absolute Gasteiger partial charge is 0.262 e. The number of hydrogen-bond acceptors (Lipinski definition) is 16. The van der Waals surface area contributed by atoms with E-state index in [2.05, 4.69) is 78.6 Å². The van der Waals surface area contributed by atoms with Gasteiger partial charge < -0.3 is 34.6 Å². The topological polar surface area (TPSA) is 198 Å². The van der Waals surface area contributed by atoms with Gasteiger partial charge in [0.05, 0.1) is 44.9 Å². The van der Waals surface area contributed by atoms with Crippen molar-refractivity contribution < 1.29 is 28.5 Å². The molecule has 5 aromatic rings. The Bertz CT molecular complexity index is 3140. The molecule has 6 fully saturated rings. The lowest BCUT2D eigenvalue weighted by Gasteiger charge is -2.58. The highest BCUT2D eigenvalue weighted by molar-refractivity contribution is 9.10. The minimum Gasteiger partial charge on any atom is -0.494 e. The number of hydrogen-bond donors (Lipinski definition) is 3. The van der Waals surface area contributed by atoms with Crippen molar-refractivity contribution in [1.82, 2.24) is 40.0 Å². The fourth-order valence-electron chi connectivity index (χ4n) is 12.7. The molecule has 1 atom stereocenters. The minimum absolute atomic E-state index is 0.102. The molecule has 5 saturated heterocycles. The van der Waals surface area contributed by atoms with E-state index >= 15 is 0 Å². The van der Waals surface area contributed by atoms with Crippen LogP contribution in [0, 0.1) is 5.41 Å². The third-order valence-corrected chi connectivity index (χ3v) is 18.9. The number of ether oxygens (including phenoxy) is 1. The Morgan fingerprint density at radius 2 is 1.47 bits per heavy atom. The normalized spacial score (nSPS) is 22.1. The van der Waals surface area contributed by atoms with Gasteiger partial charge in [0, 0.05) is 93.8 Å². The Labute approximate surface area is 438 Å². The number of rotatable bonds is 12. The van der Waals surface area contributed by atoms with Gasteiger partial charge in [-0.25, -0.2) is 4.98 Å². The first-order chi connectivity index (χ1) is 35.7. The number of nitrogens with one attached hydrogen (secondary N) is 3. The number of nitrogens with zero attached hydrogens (tertiary/aromatic N) is 9. The van der Waals surface area contributed by atoms with Gasteiger partial charge in [-0.15, -0.1) is 0 Å². The van der Waals surface area contributed by atoms with Gasteiger partial charge in [0.2, 0.25) is 17.8 Å². The van der Waals surface area contributed by atoms with Gasteiger partial charge in [0.25, 0.3) is 11.8 Å². The van der Waals surface area contributed by atoms with E-state index in [1.54, 1.807) is 45.1 Å². The molecule has 4 amide bonds. The number of benzene rings is 3. The predicted octanol–water partition coefficient (Wildman–Crippen LogP) is 7.24. The zero-order chi connectivity index (χ0) is 51.0. The van der Waals surface area contributed by atoms with E-state index in [1.165, 1.54) is 36.9 Å². The first-order valence-electron chi connectivity index (χ1n) is 26.1. The van der Waals surface area contributed by atoms with Gasteiger partial charge in [-0.05, 0) is 153 Å². The summed E-state index contributed by atoms with van der Waals surface area (Å²) >= 11 is 3.63. The van der Waals surface area contributed by atoms with Gasteiger partial charge in [-0.3, -0.25) is 44.3 Å². The molecule has 0 bridgehead atoms. The fraction of sp³-hybridized carbons (Fsp3) is 0.481. The van der Waals surface area contributed by atoms with E-state index in [0.717, 1.165) is 100 Å². The van der Waals surface area contributed by atoms with Gasteiger partial charge in [0.1, 0.15) is 30.3 Å². The minimum atomic E-state index is -2.78. The van der Waals surface area contributed by atoms with Crippen molar-refractivity contribution in [2.24, 2.45) is 5.41 Å². The fourth-order valence-corrected chi connectivity index (χ4v) is 14.3. The number of carbonyl (C=O) groups is 4. The van der Waals surface area contributed by atoms with E-state index in [0.29, 0.717) is 72.8 Å². The summed E-state index contributed by atoms with van der Waals surface area (Å²) in [7, 11) is -1.07. The van der Waals surface area contributed by atoms with Gasteiger partial charge >= 0.3 is 0 Å². The molecule has 20 heteroatoms. The maximum Gasteiger partial charge on any atom is 0.262 e. The maximum atomic E-state index is 13.6. The molecule has 6 aliphatic heterocycles. The number of anilines is 6. The maximum absolute atomic E-state index is 13.6. The lowest BCUT2D eigenvalue weighted by Crippen LogP contribution is -2.64. The van der Waals surface area contributed by atoms with Gasteiger partial charge in [0.15, 0.2) is 0 Å². The number of aromatic nitrogens is 4. The molecule has 12 rings (SSSR count). The number of halogens is 1. The number of carbonyl (C=O) groups excluding carboxylic acids is 4. The van der Waals surface area contributed by atoms with E-state index in [9.17, 15) is 23.7 Å². The number of amides is 4. The Hall–Kier alpha value is -6.01. The van der Waals surface area contributed by atoms with E-state index < -0.39 is 30.9 Å². The molecule has 386 valence electrons. The van der Waals surface area contributed by atoms with Crippen LogP contribution in [0.1, 0.15) is 96.4 Å². The van der Waals surface area contributed by atoms with Crippen LogP contribution >= 0.6 is 23.1 Å². The second-order valence-corrected chi connectivity index (χ2v) is 25.8. The highest BCUT2D eigenvalue weighted by Crippen LogP contribution is 2.49. The van der Waals surface area contributed by atoms with Crippen molar-refractivity contribution in [3.63, 3.8) is 0 Å². The number of fused-ring (bicyclic) bond motifs is 2. The molecular formula is C54H62BrN12O6P. The molecule has 8 heterocycles. The van der Waals surface area contributed by atoms with Crippen LogP contribution in [-0.2, 0) is 14.2 Å². The van der Waals surface area contributed by atoms with Gasteiger partial charge in [-0.2, -0.15) is 4.98 Å². The van der Waals surface area contributed by atoms with Crippen LogP contribution in [0.5, 0.6) is 5.75 Å². The quantitative estimate of drug-likeness (QED) is 0.0834. The third kappa shape index (κ3) is 9.21. The van der Waals surface area contributed by atoms with Crippen molar-refractivity contribution in [3.8, 4) is 5.75 Å². The highest BCUT2D eigenvalue weighted by atomic mass is 79.9. The standard InChI is InChI=1S/C54H62BrN12O6P/c1-73-45-28-44(37(32-4-5-32)27-42(45)60-53-58-29-39(55)49(62-53)59-41-9-8-40-47(57-19-18-56-40)48(41)74(2,3)72)65-22-14-33(15-23-65)63-20-12-34(13-21-63)66-30-54(31-66)16-24-64(25-17-54)35-6-7-36-38(26-35)52(71)67(51(36)70)43-10-11-46(68)61-50(43)69/h6-9,18-19,26-29,32-34,43H,4-5,10-17,20-25,30-31H2,1-3H3,(H,61,68,69)(H2,58,59,60,62). The number of likely N-dealkylation sites (tertiary alicyclic amines) is 2. The Kier molecular flexibility index (Phi) is 12.7. The highest BCUT2D eigenvalue weighted by Gasteiger charge is 2.49. The molecule has 1 aliphatic carbocycles. The summed E-state index contributed by atoms with van der Waals surface area (Å²) in [6.07, 6.45) is 14.4. The molecule has 1 spiro atoms. The summed E-state index contributed by atoms with van der Waals surface area (Å²) in [5.41, 5.74) is 7.26. The molecular weight excluding hydrogens is 1020 g/mol. The van der Waals surface area contributed by atoms with Crippen molar-refractivity contribution >= 4 is 97.6 Å². The molecule has 1 saturated carbocycles. The summed E-state index contributed by atoms with van der Waals surface area (Å²) < 4.78 is 20.3. The first-order valence-corrected chi connectivity index (χ1v) is 29.5. The lowest BCUT2D eigenvalue weighted by atomic mass is 9.70. The molecule has 0 radical (unpaired) electrons. The number of piperidine rings is 4. The Balaban J connectivity index is 0.632. The Morgan fingerprint density at radius 1 is 0.757 bits per heavy atom. The van der Waals surface area contributed by atoms with Crippen LogP contribution in [-0.4, -0.2) is 149 Å². The second kappa shape index (κ2) is 19.3. The van der Waals surface area contributed by atoms with E-state index in [-0.39, 0.29) is 18.7 Å². The average Bonchev–Trinajstić information content (AvgIpc) is 4.21. The van der Waals surface area contributed by atoms with Crippen molar-refractivity contribution in [1.29, 1.82) is 0 Å². The molecule has 1 unspecified atom stereocenters. The SMILES string of the molecule is COc1cc(N2CCC(N3CCC(N4CC5(CCN(c6ccc7c(c6)C(=O)N(C6CCC(=O)NC6=O)C7=O)CC5)C4)CC3)CC2)c(C2CC2)cc1Nc1ncc(Br)c(Nc2ccc3nccnc3c2P(C)(C)=O)n1. The zero-order valence-electron chi connectivity index (χ0n) is 42.1. The van der Waals surface area contributed by atoms with Crippen LogP contribution in [0.3, 0.4) is 0 Å². The summed E-state index contributed by atoms with van der Waals surface area (Å²) in [5, 5.41) is 9.77. The number of methoxy groups -OCH3 is 1. The van der Waals surface area contributed by atoms with Crippen LogP contribution in [0.25, 0.3) is 11.0 Å². The molecule has 3 N–H and O–H groups in total. The monoisotopic (exact) mass is 1080 g/mol. The van der Waals surface area contributed by atoms with Crippen LogP contribution in [0.2, 0.25) is 0 Å². The van der Waals surface area contributed by atoms with Crippen molar-refractivity contribution in [2.75, 3.05) is 93.2 Å². The molecule has 2 aromatic heterocycles. The number of imide groups is 2. The average molecular weight is 1090 g/mol.